The number of hydrogen-bond acceptors (Lipinski definition) is 16. The molecule has 4 aliphatic carbocycles. The average molecular weight is 1720 g/mol. The number of ketones is 3. The minimum absolute atomic E-state index is 0. The monoisotopic (exact) mass is 1720 g/mol. The van der Waals surface area contributed by atoms with Crippen molar-refractivity contribution in [2.75, 3.05) is 63.9 Å². The first-order valence-corrected chi connectivity index (χ1v) is 44.1. The van der Waals surface area contributed by atoms with E-state index in [2.05, 4.69) is 81.5 Å². The molecular weight excluding hydrogens is 1620 g/mol. The molecule has 3 aromatic heterocycles. The van der Waals surface area contributed by atoms with Crippen LogP contribution >= 0.6 is 0 Å². The van der Waals surface area contributed by atoms with E-state index >= 15 is 0 Å². The molecule has 0 radical (unpaired) electrons. The van der Waals surface area contributed by atoms with Gasteiger partial charge in [0.1, 0.15) is 34.4 Å². The predicted molar refractivity (Wildman–Crippen MR) is 502 cm³/mol. The summed E-state index contributed by atoms with van der Waals surface area (Å²) >= 11 is 0. The Morgan fingerprint density at radius 3 is 1.64 bits per heavy atom. The third-order valence-corrected chi connectivity index (χ3v) is 26.4. The van der Waals surface area contributed by atoms with Gasteiger partial charge in [-0.05, 0) is 289 Å². The first kappa shape index (κ1) is 85.3. The lowest BCUT2D eigenvalue weighted by atomic mass is 9.86. The third kappa shape index (κ3) is 17.8. The smallest absolute Gasteiger partial charge is 0.271 e. The lowest BCUT2D eigenvalue weighted by Gasteiger charge is -2.18. The number of carbonyl (C=O) groups excluding carboxylic acids is 7. The van der Waals surface area contributed by atoms with Crippen LogP contribution in [0, 0.1) is 20.8 Å². The van der Waals surface area contributed by atoms with Gasteiger partial charge in [0.25, 0.3) is 5.91 Å². The summed E-state index contributed by atoms with van der Waals surface area (Å²) in [5.74, 6) is 5.04. The number of hydrogen-bond donors (Lipinski definition) is 4. The van der Waals surface area contributed by atoms with Crippen LogP contribution in [-0.2, 0) is 77.9 Å². The highest BCUT2D eigenvalue weighted by Gasteiger charge is 2.54. The number of aromatic nitrogens is 3. The Balaban J connectivity index is 0.000000127. The number of anilines is 3. The highest BCUT2D eigenvalue weighted by Crippen LogP contribution is 2.55. The van der Waals surface area contributed by atoms with Gasteiger partial charge >= 0.3 is 0 Å². The fraction of sp³-hybridized carbons (Fsp3) is 0.269. The minimum Gasteiger partial charge on any atom is -0.497 e. The summed E-state index contributed by atoms with van der Waals surface area (Å²) in [6, 6.07) is 73.9. The van der Waals surface area contributed by atoms with Crippen molar-refractivity contribution in [3.05, 3.63) is 321 Å². The molecule has 4 saturated carbocycles. The van der Waals surface area contributed by atoms with Crippen molar-refractivity contribution in [2.45, 2.75) is 140 Å². The SMILES string of the molecule is CC(=O)c1cc(-c2cc(CC(=O)C3(c4ccc5c(c4)CCO5)CC3)ccc2C)cc2c1NCC2.COc1cccc(C2(C(=O)Nc3ccc(C)c(-c4ccc(CNC(C)=O)cc4)c3)CC2)c1.Cc1ccc(NC(=O)C2(c3ccc4c(c3)OCO4)CC2)cc1-c1ccnc(C(=O)N(C)C)c1.O=C(Cc1ccc(-c2cn3ccccc3n2)cc1)C1(c2ccc3c(c2)OCO3)CC1.[HH].[HH]. The number of pyridine rings is 2. The van der Waals surface area contributed by atoms with Gasteiger partial charge in [-0.15, -0.1) is 0 Å². The number of rotatable bonds is 23. The molecule has 4 N–H and O–H groups in total. The molecule has 4 fully saturated rings. The van der Waals surface area contributed by atoms with Gasteiger partial charge in [0.2, 0.25) is 31.3 Å². The van der Waals surface area contributed by atoms with Crippen LogP contribution in [0.2, 0.25) is 0 Å². The number of aryl methyl sites for hydroxylation is 3. The van der Waals surface area contributed by atoms with Crippen LogP contribution in [-0.4, -0.2) is 108 Å². The summed E-state index contributed by atoms with van der Waals surface area (Å²) in [7, 11) is 5.04. The van der Waals surface area contributed by atoms with Gasteiger partial charge in [-0.25, -0.2) is 4.98 Å². The Morgan fingerprint density at radius 1 is 0.488 bits per heavy atom. The fourth-order valence-corrected chi connectivity index (χ4v) is 18.1. The summed E-state index contributed by atoms with van der Waals surface area (Å²) in [5.41, 5.74) is 23.8. The molecule has 10 aromatic carbocycles. The molecule has 21 nitrogen and oxygen atoms in total. The third-order valence-electron chi connectivity index (χ3n) is 26.4. The largest absolute Gasteiger partial charge is 0.497 e. The van der Waals surface area contributed by atoms with Gasteiger partial charge in [0.15, 0.2) is 28.8 Å². The molecule has 0 spiro atoms. The van der Waals surface area contributed by atoms with E-state index in [1.807, 2.05) is 206 Å². The molecule has 21 rings (SSSR count). The standard InChI is InChI=1S/C30H29NO3.C27H28N2O3.C26H25N3O4.C25H20N2O3.2H2/c1-18-3-4-20(13-25(18)23-15-22-7-11-31-29(22)26(17-23)19(2)32)14-28(33)30(9-10-30)24-5-6-27-21(16-24)8-12-34-27;1-18-7-12-23(16-25(18)21-10-8-20(9-11-21)17-28-19(2)30)29-26(31)27(13-14-27)22-5-4-6-24(15-22)32-3;1-16-4-6-19(14-20(16)17-8-11-27-21(12-17)24(30)29(2)3)28-25(31)26(9-10-26)18-5-7-22-23(13-18)33-15-32-22;28-23(25(10-11-25)19-8-9-21-22(14-19)30-16-29-21)13-17-4-6-18(7-5-17)20-15-27-12-2-1-3-24(27)26-20;;/h3-6,13,15-17,31H,7-12,14H2,1-2H3;4-12,15-16H,13-14,17H2,1-3H3,(H,28,30)(H,29,31);4-8,11-14H,9-10,15H2,1-3H3,(H,28,31);1-9,12,14-15H,10-11,13,16H2;2*1H. The number of benzene rings is 10. The summed E-state index contributed by atoms with van der Waals surface area (Å²) in [4.78, 5) is 99.4. The Labute approximate surface area is 752 Å². The van der Waals surface area contributed by atoms with E-state index in [-0.39, 0.29) is 62.5 Å². The van der Waals surface area contributed by atoms with Crippen LogP contribution in [0.4, 0.5) is 17.1 Å². The zero-order valence-electron chi connectivity index (χ0n) is 73.7. The Bertz CT molecular complexity index is 6590. The molecular formula is C108H106N8O13. The second-order valence-electron chi connectivity index (χ2n) is 35.3. The average Bonchev–Trinajstić information content (AvgIpc) is 1.61. The first-order chi connectivity index (χ1) is 62.4. The molecule has 13 aromatic rings. The fourth-order valence-electron chi connectivity index (χ4n) is 18.1. The molecule has 4 aliphatic heterocycles. The number of nitrogens with zero attached hydrogens (tertiary/aromatic N) is 4. The van der Waals surface area contributed by atoms with E-state index in [0.29, 0.717) is 48.0 Å². The van der Waals surface area contributed by atoms with Gasteiger partial charge in [-0.3, -0.25) is 38.5 Å². The van der Waals surface area contributed by atoms with Crippen LogP contribution in [0.15, 0.2) is 243 Å². The molecule has 129 heavy (non-hydrogen) atoms. The van der Waals surface area contributed by atoms with E-state index in [1.54, 1.807) is 40.4 Å². The Morgan fingerprint density at radius 2 is 1.04 bits per heavy atom. The summed E-state index contributed by atoms with van der Waals surface area (Å²) in [6.45, 7) is 11.9. The molecule has 21 heteroatoms. The first-order valence-electron chi connectivity index (χ1n) is 44.1. The number of imidazole rings is 1. The molecule has 0 bridgehead atoms. The van der Waals surface area contributed by atoms with Crippen molar-refractivity contribution in [3.63, 3.8) is 0 Å². The number of nitrogens with one attached hydrogen (secondary N) is 4. The lowest BCUT2D eigenvalue weighted by Crippen LogP contribution is -2.27. The molecule has 0 unspecified atom stereocenters. The highest BCUT2D eigenvalue weighted by atomic mass is 16.7. The molecule has 656 valence electrons. The van der Waals surface area contributed by atoms with Crippen molar-refractivity contribution >= 4 is 63.7 Å². The maximum atomic E-state index is 13.5. The summed E-state index contributed by atoms with van der Waals surface area (Å²) in [6.07, 6.45) is 15.2. The molecule has 0 atom stereocenters. The maximum absolute atomic E-state index is 13.5. The van der Waals surface area contributed by atoms with Crippen molar-refractivity contribution in [1.29, 1.82) is 0 Å². The van der Waals surface area contributed by atoms with E-state index in [4.69, 9.17) is 28.4 Å². The van der Waals surface area contributed by atoms with E-state index in [9.17, 15) is 33.6 Å². The molecule has 8 aliphatic rings. The van der Waals surface area contributed by atoms with E-state index in [1.165, 1.54) is 23.0 Å². The quantitative estimate of drug-likeness (QED) is 0.0434. The van der Waals surface area contributed by atoms with Crippen molar-refractivity contribution in [2.24, 2.45) is 0 Å². The zero-order valence-corrected chi connectivity index (χ0v) is 73.7. The maximum Gasteiger partial charge on any atom is 0.271 e. The Kier molecular flexibility index (Phi) is 23.4. The van der Waals surface area contributed by atoms with Crippen molar-refractivity contribution < 1.29 is 64.8 Å². The Hall–Kier alpha value is -14.5. The van der Waals surface area contributed by atoms with Crippen molar-refractivity contribution in [3.8, 4) is 79.1 Å². The lowest BCUT2D eigenvalue weighted by molar-refractivity contribution is -0.121. The van der Waals surface area contributed by atoms with Crippen LogP contribution < -0.4 is 49.7 Å². The van der Waals surface area contributed by atoms with E-state index in [0.717, 1.165) is 223 Å². The number of methoxy groups -OCH3 is 1. The van der Waals surface area contributed by atoms with Crippen LogP contribution in [0.25, 0.3) is 50.3 Å². The minimum atomic E-state index is -0.548. The highest BCUT2D eigenvalue weighted by molar-refractivity contribution is 6.05. The van der Waals surface area contributed by atoms with Gasteiger partial charge < -0.3 is 59.0 Å². The number of carbonyl (C=O) groups is 7. The molecule has 0 saturated heterocycles. The normalized spacial score (nSPS) is 15.5. The van der Waals surface area contributed by atoms with Crippen LogP contribution in [0.3, 0.4) is 0 Å². The number of amides is 4. The summed E-state index contributed by atoms with van der Waals surface area (Å²) < 4.78 is 34.8. The van der Waals surface area contributed by atoms with Gasteiger partial charge in [-0.2, -0.15) is 0 Å². The van der Waals surface area contributed by atoms with Gasteiger partial charge in [-0.1, -0.05) is 121 Å². The van der Waals surface area contributed by atoms with Crippen LogP contribution in [0.1, 0.15) is 156 Å². The second kappa shape index (κ2) is 35.4. The topological polar surface area (TPSA) is 256 Å². The molecule has 4 amide bonds. The predicted octanol–water partition coefficient (Wildman–Crippen LogP) is 19.8. The summed E-state index contributed by atoms with van der Waals surface area (Å²) in [5, 5.41) is 12.4. The number of fused-ring (bicyclic) bond motifs is 5. The molecule has 7 heterocycles. The number of ether oxygens (including phenoxy) is 6. The van der Waals surface area contributed by atoms with Gasteiger partial charge in [0.05, 0.1) is 41.1 Å². The van der Waals surface area contributed by atoms with E-state index < -0.39 is 10.8 Å². The van der Waals surface area contributed by atoms with Gasteiger partial charge in [0, 0.05) is 103 Å². The van der Waals surface area contributed by atoms with Crippen LogP contribution in [0.5, 0.6) is 34.5 Å². The number of Topliss-reactive ketones (excluding diaryl/α,β-unsaturated/α-hetero) is 3. The second-order valence-corrected chi connectivity index (χ2v) is 35.3. The van der Waals surface area contributed by atoms with Crippen molar-refractivity contribution in [1.82, 2.24) is 24.6 Å². The zero-order chi connectivity index (χ0) is 89.5.